The van der Waals surface area contributed by atoms with Crippen molar-refractivity contribution in [2.24, 2.45) is 0 Å². The number of ether oxygens (including phenoxy) is 3. The number of esters is 1. The summed E-state index contributed by atoms with van der Waals surface area (Å²) < 4.78 is 33.3. The lowest BCUT2D eigenvalue weighted by Crippen LogP contribution is -2.35. The van der Waals surface area contributed by atoms with Gasteiger partial charge in [-0.1, -0.05) is 30.4 Å². The first-order valence-corrected chi connectivity index (χ1v) is 14.8. The van der Waals surface area contributed by atoms with Crippen LogP contribution < -0.4 is 4.74 Å². The number of benzene rings is 2. The maximum atomic E-state index is 14.5. The first kappa shape index (κ1) is 29.0. The van der Waals surface area contributed by atoms with E-state index in [9.17, 15) is 9.18 Å². The van der Waals surface area contributed by atoms with Gasteiger partial charge in [0.1, 0.15) is 18.2 Å². The van der Waals surface area contributed by atoms with Crippen molar-refractivity contribution in [1.82, 2.24) is 19.4 Å². The normalized spacial score (nSPS) is 17.5. The molecule has 0 amide bonds. The average molecular weight is 585 g/mol. The lowest BCUT2D eigenvalue weighted by atomic mass is 9.93. The van der Waals surface area contributed by atoms with Crippen LogP contribution in [0.3, 0.4) is 0 Å². The van der Waals surface area contributed by atoms with Gasteiger partial charge in [0.15, 0.2) is 0 Å². The van der Waals surface area contributed by atoms with E-state index in [2.05, 4.69) is 16.0 Å². The summed E-state index contributed by atoms with van der Waals surface area (Å²) in [5.41, 5.74) is 5.40. The molecule has 43 heavy (non-hydrogen) atoms. The van der Waals surface area contributed by atoms with Gasteiger partial charge >= 0.3 is 5.97 Å². The molecule has 2 aromatic carbocycles. The topological polar surface area (TPSA) is 78.7 Å². The summed E-state index contributed by atoms with van der Waals surface area (Å²) in [6.07, 6.45) is 3.11. The molecule has 0 N–H and O–H groups in total. The second-order valence-electron chi connectivity index (χ2n) is 11.4. The highest BCUT2D eigenvalue weighted by atomic mass is 19.1. The SMILES string of the molecule is C=C(C)c1ccc(COc2cccc(C3CCN(Cc4nc5ccc(C(=O)OC)cc5n4CC4CCO4)CC3)n2)c(F)c1. The van der Waals surface area contributed by atoms with Crippen molar-refractivity contribution in [2.45, 2.75) is 57.9 Å². The Morgan fingerprint density at radius 3 is 2.56 bits per heavy atom. The van der Waals surface area contributed by atoms with E-state index in [0.717, 1.165) is 72.6 Å². The number of rotatable bonds is 10. The smallest absolute Gasteiger partial charge is 0.337 e. The van der Waals surface area contributed by atoms with Gasteiger partial charge in [-0.05, 0) is 75.2 Å². The predicted octanol–water partition coefficient (Wildman–Crippen LogP) is 6.14. The Kier molecular flexibility index (Phi) is 8.54. The number of nitrogens with zero attached hydrogens (tertiary/aromatic N) is 4. The number of allylic oxidation sites excluding steroid dienone is 1. The number of carbonyl (C=O) groups excluding carboxylic acids is 1. The second kappa shape index (κ2) is 12.7. The third-order valence-electron chi connectivity index (χ3n) is 8.47. The number of piperidine rings is 1. The zero-order chi connectivity index (χ0) is 29.9. The number of carbonyl (C=O) groups is 1. The molecule has 1 atom stereocenters. The van der Waals surface area contributed by atoms with E-state index in [-0.39, 0.29) is 24.5 Å². The van der Waals surface area contributed by atoms with Gasteiger partial charge in [0, 0.05) is 29.8 Å². The van der Waals surface area contributed by atoms with Crippen LogP contribution in [0.25, 0.3) is 16.6 Å². The summed E-state index contributed by atoms with van der Waals surface area (Å²) in [5, 5.41) is 0. The monoisotopic (exact) mass is 584 g/mol. The van der Waals surface area contributed by atoms with Gasteiger partial charge in [0.05, 0.1) is 42.9 Å². The summed E-state index contributed by atoms with van der Waals surface area (Å²) in [5.74, 6) is 1.13. The van der Waals surface area contributed by atoms with Crippen molar-refractivity contribution in [2.75, 3.05) is 26.8 Å². The van der Waals surface area contributed by atoms with Crippen LogP contribution in [0.2, 0.25) is 0 Å². The molecule has 2 aromatic heterocycles. The predicted molar refractivity (Wildman–Crippen MR) is 162 cm³/mol. The molecule has 4 heterocycles. The van der Waals surface area contributed by atoms with Crippen LogP contribution in [-0.2, 0) is 29.2 Å². The van der Waals surface area contributed by atoms with E-state index in [0.29, 0.717) is 36.0 Å². The fourth-order valence-electron chi connectivity index (χ4n) is 5.78. The minimum Gasteiger partial charge on any atom is -0.473 e. The number of aromatic nitrogens is 3. The third-order valence-corrected chi connectivity index (χ3v) is 8.47. The molecule has 1 unspecified atom stereocenters. The fraction of sp³-hybridized carbons (Fsp3) is 0.382. The van der Waals surface area contributed by atoms with Gasteiger partial charge in [0.2, 0.25) is 5.88 Å². The molecular weight excluding hydrogens is 547 g/mol. The van der Waals surface area contributed by atoms with Crippen LogP contribution in [0.15, 0.2) is 61.2 Å². The summed E-state index contributed by atoms with van der Waals surface area (Å²) in [4.78, 5) is 24.3. The molecule has 2 aliphatic rings. The van der Waals surface area contributed by atoms with Gasteiger partial charge in [-0.3, -0.25) is 4.90 Å². The Morgan fingerprint density at radius 1 is 1.07 bits per heavy atom. The van der Waals surface area contributed by atoms with E-state index < -0.39 is 0 Å². The third kappa shape index (κ3) is 6.48. The highest BCUT2D eigenvalue weighted by Crippen LogP contribution is 2.30. The van der Waals surface area contributed by atoms with Crippen molar-refractivity contribution < 1.29 is 23.4 Å². The number of likely N-dealkylation sites (tertiary alicyclic amines) is 1. The summed E-state index contributed by atoms with van der Waals surface area (Å²) in [6.45, 7) is 9.89. The number of hydrogen-bond acceptors (Lipinski definition) is 7. The standard InChI is InChI=1S/C34H37FN4O4/c1-22(2)24-7-8-26(28(35)17-24)21-43-33-6-4-5-29(37-33)23-11-14-38(15-12-23)20-32-36-30-10-9-25(34(40)41-3)18-31(30)39(32)19-27-13-16-42-27/h4-10,17-18,23,27H,1,11-16,19-21H2,2-3H3. The Hall–Kier alpha value is -4.08. The van der Waals surface area contributed by atoms with Crippen molar-refractivity contribution in [3.05, 3.63) is 95.2 Å². The second-order valence-corrected chi connectivity index (χ2v) is 11.4. The number of halogens is 1. The zero-order valence-electron chi connectivity index (χ0n) is 24.7. The zero-order valence-corrected chi connectivity index (χ0v) is 24.7. The quantitative estimate of drug-likeness (QED) is 0.207. The van der Waals surface area contributed by atoms with Crippen LogP contribution in [0.5, 0.6) is 5.88 Å². The van der Waals surface area contributed by atoms with Gasteiger partial charge in [-0.25, -0.2) is 19.2 Å². The first-order chi connectivity index (χ1) is 20.9. The molecule has 0 spiro atoms. The molecule has 2 fully saturated rings. The lowest BCUT2D eigenvalue weighted by molar-refractivity contribution is -0.0592. The maximum Gasteiger partial charge on any atom is 0.337 e. The summed E-state index contributed by atoms with van der Waals surface area (Å²) >= 11 is 0. The fourth-order valence-corrected chi connectivity index (χ4v) is 5.78. The van der Waals surface area contributed by atoms with Gasteiger partial charge < -0.3 is 18.8 Å². The van der Waals surface area contributed by atoms with E-state index in [1.807, 2.05) is 43.3 Å². The molecule has 4 aromatic rings. The van der Waals surface area contributed by atoms with Crippen molar-refractivity contribution in [3.8, 4) is 5.88 Å². The molecule has 2 aliphatic heterocycles. The molecule has 0 aliphatic carbocycles. The molecule has 9 heteroatoms. The minimum atomic E-state index is -0.356. The number of hydrogen-bond donors (Lipinski definition) is 0. The van der Waals surface area contributed by atoms with Crippen molar-refractivity contribution >= 4 is 22.6 Å². The number of fused-ring (bicyclic) bond motifs is 1. The first-order valence-electron chi connectivity index (χ1n) is 14.8. The molecule has 0 saturated carbocycles. The van der Waals surface area contributed by atoms with E-state index >= 15 is 0 Å². The van der Waals surface area contributed by atoms with Crippen LogP contribution in [0.4, 0.5) is 4.39 Å². The average Bonchev–Trinajstić information content (AvgIpc) is 3.34. The number of methoxy groups -OCH3 is 1. The van der Waals surface area contributed by atoms with Gasteiger partial charge in [-0.2, -0.15) is 0 Å². The van der Waals surface area contributed by atoms with Crippen molar-refractivity contribution in [3.63, 3.8) is 0 Å². The minimum absolute atomic E-state index is 0.116. The maximum absolute atomic E-state index is 14.5. The highest BCUT2D eigenvalue weighted by molar-refractivity contribution is 5.93. The Labute approximate surface area is 251 Å². The molecule has 8 nitrogen and oxygen atoms in total. The van der Waals surface area contributed by atoms with Crippen LogP contribution in [0.1, 0.15) is 65.1 Å². The largest absolute Gasteiger partial charge is 0.473 e. The molecule has 224 valence electrons. The Morgan fingerprint density at radius 2 is 1.86 bits per heavy atom. The number of pyridine rings is 1. The lowest BCUT2D eigenvalue weighted by Gasteiger charge is -2.32. The highest BCUT2D eigenvalue weighted by Gasteiger charge is 2.26. The Balaban J connectivity index is 1.10. The van der Waals surface area contributed by atoms with Gasteiger partial charge in [0.25, 0.3) is 0 Å². The van der Waals surface area contributed by atoms with Crippen molar-refractivity contribution in [1.29, 1.82) is 0 Å². The van der Waals surface area contributed by atoms with Gasteiger partial charge in [-0.15, -0.1) is 0 Å². The van der Waals surface area contributed by atoms with Crippen LogP contribution >= 0.6 is 0 Å². The summed E-state index contributed by atoms with van der Waals surface area (Å²) in [6, 6.07) is 16.4. The van der Waals surface area contributed by atoms with E-state index in [4.69, 9.17) is 24.2 Å². The van der Waals surface area contributed by atoms with E-state index in [1.54, 1.807) is 12.1 Å². The molecule has 0 bridgehead atoms. The molecular formula is C34H37FN4O4. The van der Waals surface area contributed by atoms with Crippen LogP contribution in [-0.4, -0.2) is 58.3 Å². The molecule has 6 rings (SSSR count). The number of imidazole rings is 1. The molecule has 0 radical (unpaired) electrons. The molecule has 2 saturated heterocycles. The summed E-state index contributed by atoms with van der Waals surface area (Å²) in [7, 11) is 1.39. The Bertz CT molecular complexity index is 1640. The van der Waals surface area contributed by atoms with E-state index in [1.165, 1.54) is 13.2 Å². The van der Waals surface area contributed by atoms with Crippen LogP contribution in [0, 0.1) is 5.82 Å².